The molecular weight excluding hydrogens is 309 g/mol. The highest BCUT2D eigenvalue weighted by atomic mass is 35.5. The van der Waals surface area contributed by atoms with Crippen LogP contribution in [0.3, 0.4) is 0 Å². The molecule has 0 spiro atoms. The van der Waals surface area contributed by atoms with Gasteiger partial charge >= 0.3 is 0 Å². The lowest BCUT2D eigenvalue weighted by molar-refractivity contribution is -0.115. The molecule has 4 nitrogen and oxygen atoms in total. The fourth-order valence-corrected chi connectivity index (χ4v) is 2.09. The van der Waals surface area contributed by atoms with E-state index in [0.29, 0.717) is 5.02 Å². The van der Waals surface area contributed by atoms with E-state index in [0.717, 1.165) is 5.56 Å². The van der Waals surface area contributed by atoms with Crippen LogP contribution in [-0.4, -0.2) is 15.9 Å². The Hall–Kier alpha value is -1.36. The molecular formula is C12H8Cl3N3O. The number of carbonyl (C=O) groups excluding carboxylic acids is 1. The summed E-state index contributed by atoms with van der Waals surface area (Å²) in [6.45, 7) is 0. The molecule has 0 atom stereocenters. The van der Waals surface area contributed by atoms with Gasteiger partial charge in [0, 0.05) is 11.1 Å². The fourth-order valence-electron chi connectivity index (χ4n) is 1.47. The van der Waals surface area contributed by atoms with Crippen LogP contribution in [0.1, 0.15) is 5.56 Å². The van der Waals surface area contributed by atoms with E-state index in [-0.39, 0.29) is 28.6 Å². The summed E-state index contributed by atoms with van der Waals surface area (Å²) in [5.74, 6) is 0.0186. The number of hydrogen-bond acceptors (Lipinski definition) is 3. The minimum absolute atomic E-state index is 0.0226. The van der Waals surface area contributed by atoms with E-state index >= 15 is 0 Å². The highest BCUT2D eigenvalue weighted by Gasteiger charge is 2.07. The van der Waals surface area contributed by atoms with Gasteiger partial charge in [-0.1, -0.05) is 35.3 Å². The molecule has 0 fully saturated rings. The third kappa shape index (κ3) is 4.35. The van der Waals surface area contributed by atoms with Gasteiger partial charge in [-0.15, -0.1) is 0 Å². The minimum Gasteiger partial charge on any atom is -0.310 e. The number of carbonyl (C=O) groups is 1. The van der Waals surface area contributed by atoms with Crippen LogP contribution in [0.5, 0.6) is 0 Å². The molecule has 0 saturated carbocycles. The largest absolute Gasteiger partial charge is 0.310 e. The van der Waals surface area contributed by atoms with Crippen LogP contribution in [0.25, 0.3) is 0 Å². The number of anilines is 1. The lowest BCUT2D eigenvalue weighted by Gasteiger charge is -2.05. The van der Waals surface area contributed by atoms with Gasteiger partial charge in [0.25, 0.3) is 0 Å². The second-order valence-electron chi connectivity index (χ2n) is 3.70. The summed E-state index contributed by atoms with van der Waals surface area (Å²) in [5, 5.41) is 3.31. The van der Waals surface area contributed by atoms with E-state index in [1.54, 1.807) is 18.2 Å². The normalized spacial score (nSPS) is 10.3. The van der Waals surface area contributed by atoms with Gasteiger partial charge in [0.1, 0.15) is 11.0 Å². The number of amides is 1. The van der Waals surface area contributed by atoms with Crippen LogP contribution in [-0.2, 0) is 11.2 Å². The van der Waals surface area contributed by atoms with Gasteiger partial charge in [0.15, 0.2) is 0 Å². The molecule has 2 aromatic rings. The van der Waals surface area contributed by atoms with Gasteiger partial charge in [-0.3, -0.25) is 4.79 Å². The molecule has 0 unspecified atom stereocenters. The highest BCUT2D eigenvalue weighted by Crippen LogP contribution is 2.15. The summed E-state index contributed by atoms with van der Waals surface area (Å²) >= 11 is 17.2. The molecule has 1 heterocycles. The van der Waals surface area contributed by atoms with Crippen molar-refractivity contribution in [3.63, 3.8) is 0 Å². The second-order valence-corrected chi connectivity index (χ2v) is 4.86. The molecule has 0 aliphatic heterocycles. The number of benzene rings is 1. The number of halogens is 3. The summed E-state index contributed by atoms with van der Waals surface area (Å²) in [6, 6.07) is 8.48. The van der Waals surface area contributed by atoms with Crippen molar-refractivity contribution in [2.75, 3.05) is 5.32 Å². The van der Waals surface area contributed by atoms with Gasteiger partial charge in [-0.2, -0.15) is 0 Å². The van der Waals surface area contributed by atoms with Crippen LogP contribution in [0.15, 0.2) is 30.3 Å². The van der Waals surface area contributed by atoms with Gasteiger partial charge < -0.3 is 5.32 Å². The van der Waals surface area contributed by atoms with Crippen molar-refractivity contribution in [1.29, 1.82) is 0 Å². The number of aromatic nitrogens is 2. The number of hydrogen-bond donors (Lipinski definition) is 1. The molecule has 0 aliphatic rings. The van der Waals surface area contributed by atoms with Crippen molar-refractivity contribution in [2.24, 2.45) is 0 Å². The van der Waals surface area contributed by atoms with Crippen molar-refractivity contribution in [3.8, 4) is 0 Å². The van der Waals surface area contributed by atoms with E-state index in [1.165, 1.54) is 6.07 Å². The Kier molecular flexibility index (Phi) is 4.58. The maximum Gasteiger partial charge on any atom is 0.229 e. The lowest BCUT2D eigenvalue weighted by atomic mass is 10.1. The first-order chi connectivity index (χ1) is 9.02. The first kappa shape index (κ1) is 14.1. The third-order valence-electron chi connectivity index (χ3n) is 2.19. The van der Waals surface area contributed by atoms with Crippen LogP contribution in [0.4, 0.5) is 5.82 Å². The zero-order valence-corrected chi connectivity index (χ0v) is 11.8. The standard InChI is InChI=1S/C12H8Cl3N3O/c13-8-3-1-2-7(4-8)5-11(19)17-10-6-9(14)16-12(15)18-10/h1-4,6H,5H2,(H,16,17,18,19). The van der Waals surface area contributed by atoms with Crippen LogP contribution >= 0.6 is 34.8 Å². The molecule has 19 heavy (non-hydrogen) atoms. The average Bonchev–Trinajstić information content (AvgIpc) is 2.26. The molecule has 0 radical (unpaired) electrons. The summed E-state index contributed by atoms with van der Waals surface area (Å²) < 4.78 is 0. The van der Waals surface area contributed by atoms with Gasteiger partial charge in [-0.05, 0) is 29.3 Å². The summed E-state index contributed by atoms with van der Waals surface area (Å²) in [5.41, 5.74) is 0.802. The Bertz CT molecular complexity index is 599. The number of nitrogens with zero attached hydrogens (tertiary/aromatic N) is 2. The fraction of sp³-hybridized carbons (Fsp3) is 0.0833. The smallest absolute Gasteiger partial charge is 0.229 e. The second kappa shape index (κ2) is 6.19. The monoisotopic (exact) mass is 315 g/mol. The SMILES string of the molecule is O=C(Cc1cccc(Cl)c1)Nc1cc(Cl)nc(Cl)n1. The Balaban J connectivity index is 2.05. The summed E-state index contributed by atoms with van der Waals surface area (Å²) in [7, 11) is 0. The van der Waals surface area contributed by atoms with Crippen molar-refractivity contribution in [3.05, 3.63) is 51.4 Å². The minimum atomic E-state index is -0.242. The predicted octanol–water partition coefficient (Wildman–Crippen LogP) is 3.62. The molecule has 1 amide bonds. The lowest BCUT2D eigenvalue weighted by Crippen LogP contribution is -2.15. The van der Waals surface area contributed by atoms with E-state index < -0.39 is 0 Å². The molecule has 0 bridgehead atoms. The zero-order valence-electron chi connectivity index (χ0n) is 9.53. The highest BCUT2D eigenvalue weighted by molar-refractivity contribution is 6.32. The van der Waals surface area contributed by atoms with Gasteiger partial charge in [0.2, 0.25) is 11.2 Å². The molecule has 1 aromatic carbocycles. The molecule has 0 aliphatic carbocycles. The van der Waals surface area contributed by atoms with Crippen LogP contribution in [0, 0.1) is 0 Å². The number of rotatable bonds is 3. The van der Waals surface area contributed by atoms with Crippen molar-refractivity contribution < 1.29 is 4.79 Å². The van der Waals surface area contributed by atoms with Crippen molar-refractivity contribution in [1.82, 2.24) is 9.97 Å². The Morgan fingerprint density at radius 2 is 1.95 bits per heavy atom. The Morgan fingerprint density at radius 1 is 1.16 bits per heavy atom. The summed E-state index contributed by atoms with van der Waals surface area (Å²) in [6.07, 6.45) is 0.180. The predicted molar refractivity (Wildman–Crippen MR) is 75.8 cm³/mol. The molecule has 1 N–H and O–H groups in total. The van der Waals surface area contributed by atoms with Crippen LogP contribution < -0.4 is 5.32 Å². The Labute approximate surface area is 124 Å². The van der Waals surface area contributed by atoms with E-state index in [9.17, 15) is 4.79 Å². The molecule has 7 heteroatoms. The zero-order chi connectivity index (χ0) is 13.8. The van der Waals surface area contributed by atoms with Gasteiger partial charge in [-0.25, -0.2) is 9.97 Å². The van der Waals surface area contributed by atoms with Crippen molar-refractivity contribution in [2.45, 2.75) is 6.42 Å². The topological polar surface area (TPSA) is 54.9 Å². The number of nitrogens with one attached hydrogen (secondary N) is 1. The maximum absolute atomic E-state index is 11.8. The van der Waals surface area contributed by atoms with E-state index in [2.05, 4.69) is 15.3 Å². The van der Waals surface area contributed by atoms with E-state index in [1.807, 2.05) is 6.07 Å². The average molecular weight is 317 g/mol. The first-order valence-corrected chi connectivity index (χ1v) is 6.41. The summed E-state index contributed by atoms with van der Waals surface area (Å²) in [4.78, 5) is 19.3. The Morgan fingerprint density at radius 3 is 2.63 bits per heavy atom. The molecule has 0 saturated heterocycles. The molecule has 98 valence electrons. The quantitative estimate of drug-likeness (QED) is 0.695. The molecule has 1 aromatic heterocycles. The molecule has 2 rings (SSSR count). The first-order valence-electron chi connectivity index (χ1n) is 5.27. The maximum atomic E-state index is 11.8. The van der Waals surface area contributed by atoms with Crippen LogP contribution in [0.2, 0.25) is 15.5 Å². The third-order valence-corrected chi connectivity index (χ3v) is 2.79. The van der Waals surface area contributed by atoms with Crippen molar-refractivity contribution >= 4 is 46.5 Å². The van der Waals surface area contributed by atoms with E-state index in [4.69, 9.17) is 34.8 Å². The van der Waals surface area contributed by atoms with Gasteiger partial charge in [0.05, 0.1) is 6.42 Å².